The van der Waals surface area contributed by atoms with Crippen molar-refractivity contribution in [2.45, 2.75) is 90.5 Å². The molecule has 5 nitrogen and oxygen atoms in total. The Morgan fingerprint density at radius 3 is 1.31 bits per heavy atom. The fourth-order valence-corrected chi connectivity index (χ4v) is 34.4. The maximum absolute atomic E-state index is 13.5. The first-order valence-electron chi connectivity index (χ1n) is 11.0. The highest BCUT2D eigenvalue weighted by atomic mass is 28.5. The first-order valence-corrected chi connectivity index (χ1v) is 25.3. The van der Waals surface area contributed by atoms with Gasteiger partial charge in [0.25, 0.3) is 0 Å². The summed E-state index contributed by atoms with van der Waals surface area (Å²) in [5, 5.41) is 0. The minimum absolute atomic E-state index is 0.373. The summed E-state index contributed by atoms with van der Waals surface area (Å²) in [5.41, 5.74) is 1.81. The van der Waals surface area contributed by atoms with Gasteiger partial charge in [-0.05, 0) is 59.2 Å². The molecule has 0 aliphatic carbocycles. The minimum atomic E-state index is -2.82. The standard InChI is InChI=1S/C18H47FO5Si5/c1-12-20-29(21-13-2,22-14-3)18-27(9,10)24-28(11,16-15-19)23-26(7,8)17-25(4,5)6/h12-18H2,1-11H3. The molecule has 1 unspecified atom stereocenters. The Morgan fingerprint density at radius 1 is 0.621 bits per heavy atom. The molecule has 0 saturated carbocycles. The van der Waals surface area contributed by atoms with Gasteiger partial charge in [-0.2, -0.15) is 0 Å². The van der Waals surface area contributed by atoms with Crippen LogP contribution in [0.15, 0.2) is 0 Å². The van der Waals surface area contributed by atoms with Crippen molar-refractivity contribution in [3.8, 4) is 0 Å². The van der Waals surface area contributed by atoms with E-state index >= 15 is 0 Å². The molecule has 0 fully saturated rings. The van der Waals surface area contributed by atoms with E-state index < -0.39 is 48.7 Å². The van der Waals surface area contributed by atoms with Crippen LogP contribution >= 0.6 is 0 Å². The normalized spacial score (nSPS) is 16.1. The van der Waals surface area contributed by atoms with Gasteiger partial charge in [-0.15, -0.1) is 0 Å². The highest BCUT2D eigenvalue weighted by Gasteiger charge is 2.51. The van der Waals surface area contributed by atoms with Crippen LogP contribution < -0.4 is 0 Å². The first-order chi connectivity index (χ1) is 13.1. The van der Waals surface area contributed by atoms with Crippen LogP contribution in [0, 0.1) is 0 Å². The molecular weight excluding hydrogens is 456 g/mol. The van der Waals surface area contributed by atoms with Crippen molar-refractivity contribution in [3.63, 3.8) is 0 Å². The molecule has 0 saturated heterocycles. The number of hydrogen-bond acceptors (Lipinski definition) is 5. The van der Waals surface area contributed by atoms with E-state index in [1.54, 1.807) is 0 Å². The molecule has 0 aliphatic rings. The molecule has 1 atom stereocenters. The van der Waals surface area contributed by atoms with Crippen molar-refractivity contribution in [2.75, 3.05) is 26.5 Å². The Labute approximate surface area is 184 Å². The fraction of sp³-hybridized carbons (Fsp3) is 1.00. The third kappa shape index (κ3) is 12.4. The summed E-state index contributed by atoms with van der Waals surface area (Å²) >= 11 is 0. The highest BCUT2D eigenvalue weighted by Crippen LogP contribution is 2.32. The second kappa shape index (κ2) is 12.2. The largest absolute Gasteiger partial charge is 0.500 e. The van der Waals surface area contributed by atoms with Crippen molar-refractivity contribution in [2.24, 2.45) is 0 Å². The Balaban J connectivity index is 5.59. The number of rotatable bonds is 16. The van der Waals surface area contributed by atoms with Crippen LogP contribution in [0.1, 0.15) is 20.8 Å². The van der Waals surface area contributed by atoms with Gasteiger partial charge in [0, 0.05) is 39.6 Å². The summed E-state index contributed by atoms with van der Waals surface area (Å²) in [7, 11) is -11.0. The smallest absolute Gasteiger partial charge is 0.437 e. The van der Waals surface area contributed by atoms with Crippen LogP contribution in [0.3, 0.4) is 0 Å². The third-order valence-corrected chi connectivity index (χ3v) is 28.2. The third-order valence-electron chi connectivity index (χ3n) is 4.22. The summed E-state index contributed by atoms with van der Waals surface area (Å²) in [6.45, 7) is 25.1. The second-order valence-electron chi connectivity index (χ2n) is 10.2. The lowest BCUT2D eigenvalue weighted by Crippen LogP contribution is -2.59. The average molecular weight is 503 g/mol. The average Bonchev–Trinajstić information content (AvgIpc) is 2.42. The molecule has 0 bridgehead atoms. The zero-order chi connectivity index (χ0) is 23.0. The van der Waals surface area contributed by atoms with E-state index in [9.17, 15) is 4.39 Å². The minimum Gasteiger partial charge on any atom is -0.437 e. The van der Waals surface area contributed by atoms with Crippen LogP contribution in [0.25, 0.3) is 0 Å². The zero-order valence-corrected chi connectivity index (χ0v) is 25.9. The highest BCUT2D eigenvalue weighted by molar-refractivity contribution is 6.97. The second-order valence-corrected chi connectivity index (χ2v) is 31.8. The Morgan fingerprint density at radius 2 is 1.00 bits per heavy atom. The molecule has 0 radical (unpaired) electrons. The SMILES string of the molecule is CCO[Si](C[Si](C)(C)O[Si](C)(CCF)O[Si](C)(C)C[Si](C)(C)C)(OCC)OCC. The van der Waals surface area contributed by atoms with Gasteiger partial charge in [-0.3, -0.25) is 4.39 Å². The van der Waals surface area contributed by atoms with Crippen molar-refractivity contribution >= 4 is 42.1 Å². The van der Waals surface area contributed by atoms with Gasteiger partial charge in [0.2, 0.25) is 0 Å². The van der Waals surface area contributed by atoms with E-state index in [4.69, 9.17) is 21.5 Å². The predicted octanol–water partition coefficient (Wildman–Crippen LogP) is 5.94. The maximum Gasteiger partial charge on any atom is 0.500 e. The van der Waals surface area contributed by atoms with E-state index in [2.05, 4.69) is 45.8 Å². The van der Waals surface area contributed by atoms with E-state index in [0.29, 0.717) is 31.5 Å². The van der Waals surface area contributed by atoms with Crippen molar-refractivity contribution in [1.82, 2.24) is 0 Å². The quantitative estimate of drug-likeness (QED) is 0.245. The van der Waals surface area contributed by atoms with E-state index in [0.717, 1.165) is 5.67 Å². The van der Waals surface area contributed by atoms with Crippen LogP contribution in [0.2, 0.25) is 69.8 Å². The molecule has 0 amide bonds. The molecule has 0 aromatic carbocycles. The first kappa shape index (κ1) is 29.8. The van der Waals surface area contributed by atoms with E-state index in [-0.39, 0.29) is 0 Å². The lowest BCUT2D eigenvalue weighted by Gasteiger charge is -2.43. The zero-order valence-electron chi connectivity index (χ0n) is 20.9. The molecule has 0 aromatic heterocycles. The van der Waals surface area contributed by atoms with Crippen molar-refractivity contribution in [1.29, 1.82) is 0 Å². The van der Waals surface area contributed by atoms with E-state index in [1.165, 1.54) is 0 Å². The van der Waals surface area contributed by atoms with Crippen LogP contribution in [-0.2, 0) is 21.5 Å². The molecule has 0 aliphatic heterocycles. The van der Waals surface area contributed by atoms with Gasteiger partial charge >= 0.3 is 17.4 Å². The number of halogens is 1. The summed E-state index contributed by atoms with van der Waals surface area (Å²) < 4.78 is 45.2. The summed E-state index contributed by atoms with van der Waals surface area (Å²) in [5.74, 6) is 0. The van der Waals surface area contributed by atoms with Crippen molar-refractivity contribution in [3.05, 3.63) is 0 Å². The molecule has 0 rings (SSSR count). The van der Waals surface area contributed by atoms with Crippen LogP contribution in [0.5, 0.6) is 0 Å². The number of hydrogen-bond donors (Lipinski definition) is 0. The van der Waals surface area contributed by atoms with Gasteiger partial charge < -0.3 is 21.5 Å². The Bertz CT molecular complexity index is 459. The van der Waals surface area contributed by atoms with Crippen LogP contribution in [0.4, 0.5) is 4.39 Å². The summed E-state index contributed by atoms with van der Waals surface area (Å²) in [4.78, 5) is 0. The molecule has 0 aromatic rings. The molecule has 0 spiro atoms. The molecule has 11 heteroatoms. The summed E-state index contributed by atoms with van der Waals surface area (Å²) in [6.07, 6.45) is 0. The van der Waals surface area contributed by atoms with Gasteiger partial charge in [0.15, 0.2) is 16.6 Å². The predicted molar refractivity (Wildman–Crippen MR) is 133 cm³/mol. The molecule has 0 N–H and O–H groups in total. The molecule has 29 heavy (non-hydrogen) atoms. The fourth-order valence-electron chi connectivity index (χ4n) is 4.27. The van der Waals surface area contributed by atoms with Gasteiger partial charge in [0.1, 0.15) is 0 Å². The van der Waals surface area contributed by atoms with Crippen molar-refractivity contribution < 1.29 is 25.9 Å². The van der Waals surface area contributed by atoms with Gasteiger partial charge in [-0.25, -0.2) is 0 Å². The van der Waals surface area contributed by atoms with Gasteiger partial charge in [-0.1, -0.05) is 19.6 Å². The lowest BCUT2D eigenvalue weighted by molar-refractivity contribution is 0.0747. The maximum atomic E-state index is 13.5. The Kier molecular flexibility index (Phi) is 12.5. The summed E-state index contributed by atoms with van der Waals surface area (Å²) in [6, 6.07) is 0.373. The molecular formula is C18H47FO5Si5. The molecule has 0 heterocycles. The molecule has 176 valence electrons. The van der Waals surface area contributed by atoms with Crippen LogP contribution in [-0.4, -0.2) is 68.6 Å². The topological polar surface area (TPSA) is 46.2 Å². The monoisotopic (exact) mass is 502 g/mol. The number of alkyl halides is 1. The van der Waals surface area contributed by atoms with Gasteiger partial charge in [0.05, 0.1) is 6.67 Å². The Hall–Kier alpha value is 0.814. The lowest BCUT2D eigenvalue weighted by atomic mass is 10.9. The van der Waals surface area contributed by atoms with E-state index in [1.807, 2.05) is 27.3 Å².